The van der Waals surface area contributed by atoms with Crippen molar-refractivity contribution in [3.05, 3.63) is 22.3 Å². The van der Waals surface area contributed by atoms with Crippen molar-refractivity contribution in [1.82, 2.24) is 4.98 Å². The maximum absolute atomic E-state index is 6.12. The number of nitrogens with zero attached hydrogens (tertiary/aromatic N) is 1. The number of anilines is 1. The standard InChI is InChI=1S/C13H18BrClN2/c1-10-6-11(14)12(16-7-10)17-9-13(8-15)4-2-3-5-13/h6-7H,2-5,8-9H2,1H3,(H,16,17). The number of aryl methyl sites for hydroxylation is 1. The summed E-state index contributed by atoms with van der Waals surface area (Å²) in [5.41, 5.74) is 1.43. The predicted molar refractivity (Wildman–Crippen MR) is 76.8 cm³/mol. The van der Waals surface area contributed by atoms with Crippen LogP contribution in [0.1, 0.15) is 31.2 Å². The summed E-state index contributed by atoms with van der Waals surface area (Å²) in [7, 11) is 0. The molecule has 0 unspecified atom stereocenters. The molecule has 0 bridgehead atoms. The molecule has 1 N–H and O–H groups in total. The average Bonchev–Trinajstić information content (AvgIpc) is 2.77. The molecule has 94 valence electrons. The smallest absolute Gasteiger partial charge is 0.140 e. The summed E-state index contributed by atoms with van der Waals surface area (Å²) in [5.74, 6) is 1.66. The lowest BCUT2D eigenvalue weighted by molar-refractivity contribution is 0.368. The van der Waals surface area contributed by atoms with Gasteiger partial charge in [-0.25, -0.2) is 4.98 Å². The van der Waals surface area contributed by atoms with Gasteiger partial charge >= 0.3 is 0 Å². The van der Waals surface area contributed by atoms with Crippen molar-refractivity contribution in [2.45, 2.75) is 32.6 Å². The van der Waals surface area contributed by atoms with E-state index < -0.39 is 0 Å². The summed E-state index contributed by atoms with van der Waals surface area (Å²) in [4.78, 5) is 4.40. The normalized spacial score (nSPS) is 18.3. The fraction of sp³-hybridized carbons (Fsp3) is 0.615. The van der Waals surface area contributed by atoms with E-state index >= 15 is 0 Å². The van der Waals surface area contributed by atoms with Gasteiger partial charge in [-0.05, 0) is 47.3 Å². The molecule has 0 amide bonds. The van der Waals surface area contributed by atoms with Crippen LogP contribution in [0.4, 0.5) is 5.82 Å². The number of rotatable bonds is 4. The van der Waals surface area contributed by atoms with Crippen LogP contribution in [-0.4, -0.2) is 17.4 Å². The van der Waals surface area contributed by atoms with E-state index in [4.69, 9.17) is 11.6 Å². The van der Waals surface area contributed by atoms with E-state index in [1.165, 1.54) is 25.7 Å². The molecule has 17 heavy (non-hydrogen) atoms. The molecular formula is C13H18BrClN2. The first-order chi connectivity index (χ1) is 8.15. The Bertz CT molecular complexity index is 389. The number of aromatic nitrogens is 1. The summed E-state index contributed by atoms with van der Waals surface area (Å²) >= 11 is 9.66. The van der Waals surface area contributed by atoms with Gasteiger partial charge in [0.05, 0.1) is 4.47 Å². The molecule has 0 atom stereocenters. The summed E-state index contributed by atoms with van der Waals surface area (Å²) < 4.78 is 1.03. The Balaban J connectivity index is 2.01. The van der Waals surface area contributed by atoms with Crippen molar-refractivity contribution < 1.29 is 0 Å². The molecule has 1 aliphatic carbocycles. The van der Waals surface area contributed by atoms with E-state index in [2.05, 4.69) is 32.3 Å². The fourth-order valence-electron chi connectivity index (χ4n) is 2.42. The van der Waals surface area contributed by atoms with Gasteiger partial charge in [-0.15, -0.1) is 11.6 Å². The number of halogens is 2. The van der Waals surface area contributed by atoms with Crippen molar-refractivity contribution in [3.63, 3.8) is 0 Å². The zero-order chi connectivity index (χ0) is 12.3. The molecule has 1 aromatic rings. The molecule has 1 heterocycles. The summed E-state index contributed by atoms with van der Waals surface area (Å²) in [6, 6.07) is 2.08. The van der Waals surface area contributed by atoms with E-state index in [9.17, 15) is 0 Å². The van der Waals surface area contributed by atoms with Gasteiger partial charge in [0.1, 0.15) is 5.82 Å². The van der Waals surface area contributed by atoms with Gasteiger partial charge in [0.25, 0.3) is 0 Å². The minimum absolute atomic E-state index is 0.271. The van der Waals surface area contributed by atoms with Crippen LogP contribution in [0.5, 0.6) is 0 Å². The lowest BCUT2D eigenvalue weighted by Gasteiger charge is -2.27. The van der Waals surface area contributed by atoms with Crippen LogP contribution in [0, 0.1) is 12.3 Å². The maximum atomic E-state index is 6.12. The minimum Gasteiger partial charge on any atom is -0.369 e. The molecule has 1 aliphatic rings. The van der Waals surface area contributed by atoms with E-state index in [-0.39, 0.29) is 5.41 Å². The third kappa shape index (κ3) is 3.14. The van der Waals surface area contributed by atoms with Gasteiger partial charge in [-0.1, -0.05) is 12.8 Å². The van der Waals surface area contributed by atoms with E-state index in [1.807, 2.05) is 13.1 Å². The van der Waals surface area contributed by atoms with Gasteiger partial charge in [0.15, 0.2) is 0 Å². The van der Waals surface area contributed by atoms with Crippen LogP contribution in [0.3, 0.4) is 0 Å². The van der Waals surface area contributed by atoms with Crippen LogP contribution in [0.15, 0.2) is 16.7 Å². The first-order valence-corrected chi connectivity index (χ1v) is 7.40. The SMILES string of the molecule is Cc1cnc(NCC2(CCl)CCCC2)c(Br)c1. The molecule has 1 aromatic heterocycles. The molecule has 0 aliphatic heterocycles. The number of pyridine rings is 1. The molecule has 4 heteroatoms. The first-order valence-electron chi connectivity index (χ1n) is 6.07. The van der Waals surface area contributed by atoms with Crippen LogP contribution in [0.25, 0.3) is 0 Å². The lowest BCUT2D eigenvalue weighted by Crippen LogP contribution is -2.28. The van der Waals surface area contributed by atoms with Crippen molar-refractivity contribution in [2.75, 3.05) is 17.7 Å². The third-order valence-corrected chi connectivity index (χ3v) is 4.73. The molecular weight excluding hydrogens is 300 g/mol. The zero-order valence-electron chi connectivity index (χ0n) is 10.1. The van der Waals surface area contributed by atoms with Crippen LogP contribution >= 0.6 is 27.5 Å². The van der Waals surface area contributed by atoms with E-state index in [0.717, 1.165) is 28.3 Å². The summed E-state index contributed by atoms with van der Waals surface area (Å²) in [6.07, 6.45) is 6.95. The van der Waals surface area contributed by atoms with Gasteiger partial charge < -0.3 is 5.32 Å². The third-order valence-electron chi connectivity index (χ3n) is 3.56. The van der Waals surface area contributed by atoms with Crippen molar-refractivity contribution in [2.24, 2.45) is 5.41 Å². The highest BCUT2D eigenvalue weighted by Gasteiger charge is 2.32. The maximum Gasteiger partial charge on any atom is 0.140 e. The highest BCUT2D eigenvalue weighted by molar-refractivity contribution is 9.10. The molecule has 0 radical (unpaired) electrons. The van der Waals surface area contributed by atoms with E-state index in [1.54, 1.807) is 0 Å². The zero-order valence-corrected chi connectivity index (χ0v) is 12.4. The molecule has 2 rings (SSSR count). The number of alkyl halides is 1. The van der Waals surface area contributed by atoms with Crippen LogP contribution < -0.4 is 5.32 Å². The second-order valence-corrected chi connectivity index (χ2v) is 6.16. The van der Waals surface area contributed by atoms with Gasteiger partial charge in [0, 0.05) is 24.0 Å². The number of hydrogen-bond acceptors (Lipinski definition) is 2. The van der Waals surface area contributed by atoms with Gasteiger partial charge in [-0.3, -0.25) is 0 Å². The van der Waals surface area contributed by atoms with Crippen LogP contribution in [0.2, 0.25) is 0 Å². The Hall–Kier alpha value is -0.280. The van der Waals surface area contributed by atoms with Crippen molar-refractivity contribution >= 4 is 33.3 Å². The first kappa shape index (κ1) is 13.2. The monoisotopic (exact) mass is 316 g/mol. The molecule has 0 aromatic carbocycles. The molecule has 0 saturated heterocycles. The fourth-order valence-corrected chi connectivity index (χ4v) is 3.38. The van der Waals surface area contributed by atoms with Gasteiger partial charge in [0.2, 0.25) is 0 Å². The molecule has 1 saturated carbocycles. The lowest BCUT2D eigenvalue weighted by atomic mass is 9.88. The predicted octanol–water partition coefficient (Wildman–Crippen LogP) is 4.36. The highest BCUT2D eigenvalue weighted by Crippen LogP contribution is 2.39. The summed E-state index contributed by atoms with van der Waals surface area (Å²) in [5, 5.41) is 3.43. The Kier molecular flexibility index (Phi) is 4.31. The van der Waals surface area contributed by atoms with Gasteiger partial charge in [-0.2, -0.15) is 0 Å². The molecule has 1 fully saturated rings. The Labute approximate surface area is 116 Å². The largest absolute Gasteiger partial charge is 0.369 e. The Morgan fingerprint density at radius 1 is 1.47 bits per heavy atom. The minimum atomic E-state index is 0.271. The number of hydrogen-bond donors (Lipinski definition) is 1. The van der Waals surface area contributed by atoms with Crippen molar-refractivity contribution in [3.8, 4) is 0 Å². The van der Waals surface area contributed by atoms with Crippen molar-refractivity contribution in [1.29, 1.82) is 0 Å². The topological polar surface area (TPSA) is 24.9 Å². The Morgan fingerprint density at radius 3 is 2.76 bits per heavy atom. The molecule has 0 spiro atoms. The summed E-state index contributed by atoms with van der Waals surface area (Å²) in [6.45, 7) is 2.96. The number of nitrogens with one attached hydrogen (secondary N) is 1. The second kappa shape index (κ2) is 5.57. The van der Waals surface area contributed by atoms with Crippen LogP contribution in [-0.2, 0) is 0 Å². The quantitative estimate of drug-likeness (QED) is 0.834. The van der Waals surface area contributed by atoms with E-state index in [0.29, 0.717) is 0 Å². The Morgan fingerprint density at radius 2 is 2.18 bits per heavy atom. The average molecular weight is 318 g/mol. The second-order valence-electron chi connectivity index (χ2n) is 5.04. The molecule has 2 nitrogen and oxygen atoms in total. The highest BCUT2D eigenvalue weighted by atomic mass is 79.9.